The maximum Gasteiger partial charge on any atom is 0.315 e. The van der Waals surface area contributed by atoms with Crippen molar-refractivity contribution in [2.45, 2.75) is 39.5 Å². The zero-order valence-electron chi connectivity index (χ0n) is 10.4. The monoisotopic (exact) mass is 334 g/mol. The highest BCUT2D eigenvalue weighted by Gasteiger charge is 1.98. The van der Waals surface area contributed by atoms with E-state index in [1.807, 2.05) is 0 Å². The second-order valence-corrected chi connectivity index (χ2v) is 11.2. The lowest BCUT2D eigenvalue weighted by Gasteiger charge is -2.04. The molecule has 0 saturated heterocycles. The maximum atomic E-state index is 10.7. The Balaban J connectivity index is 0. The Morgan fingerprint density at radius 2 is 1.71 bits per heavy atom. The van der Waals surface area contributed by atoms with Crippen LogP contribution in [0.25, 0.3) is 0 Å². The van der Waals surface area contributed by atoms with Crippen LogP contribution in [0, 0.1) is 5.92 Å². The molecule has 0 heterocycles. The first-order valence-corrected chi connectivity index (χ1v) is 11.0. The highest BCUT2D eigenvalue weighted by molar-refractivity contribution is 9.02. The molecule has 0 N–H and O–H groups in total. The van der Waals surface area contributed by atoms with Gasteiger partial charge in [-0.05, 0) is 12.3 Å². The fourth-order valence-electron chi connectivity index (χ4n) is 1.06. The number of thiol groups is 4. The number of hydrogen-bond donors (Lipinski definition) is 4. The Morgan fingerprint density at radius 1 is 1.18 bits per heavy atom. The zero-order chi connectivity index (χ0) is 13.7. The van der Waals surface area contributed by atoms with E-state index in [1.165, 1.54) is 12.8 Å². The second-order valence-electron chi connectivity index (χ2n) is 3.89. The Kier molecular flexibility index (Phi) is 18.6. The molecule has 104 valence electrons. The molecule has 0 atom stereocenters. The van der Waals surface area contributed by atoms with Gasteiger partial charge in [0, 0.05) is 0 Å². The first-order valence-electron chi connectivity index (χ1n) is 5.53. The normalized spacial score (nSPS) is 10.1. The summed E-state index contributed by atoms with van der Waals surface area (Å²) < 4.78 is 4.88. The van der Waals surface area contributed by atoms with Crippen LogP contribution in [-0.4, -0.2) is 18.3 Å². The quantitative estimate of drug-likeness (QED) is 0.235. The lowest BCUT2D eigenvalue weighted by atomic mass is 10.1. The topological polar surface area (TPSA) is 26.3 Å². The molecule has 0 aromatic carbocycles. The van der Waals surface area contributed by atoms with E-state index in [1.54, 1.807) is 0 Å². The minimum absolute atomic E-state index is 0.187. The number of carbonyl (C=O) groups excluding carboxylic acids is 1. The summed E-state index contributed by atoms with van der Waals surface area (Å²) >= 11 is 15.1. The van der Waals surface area contributed by atoms with Gasteiger partial charge in [0.05, 0.1) is 17.9 Å². The first kappa shape index (κ1) is 20.6. The van der Waals surface area contributed by atoms with E-state index < -0.39 is 5.53 Å². The van der Waals surface area contributed by atoms with Gasteiger partial charge in [0.25, 0.3) is 0 Å². The molecule has 0 aromatic rings. The predicted molar refractivity (Wildman–Crippen MR) is 92.0 cm³/mol. The van der Waals surface area contributed by atoms with Crippen LogP contribution in [0.4, 0.5) is 0 Å². The van der Waals surface area contributed by atoms with Gasteiger partial charge in [-0.3, -0.25) is 4.79 Å². The third-order valence-corrected chi connectivity index (χ3v) is 2.08. The van der Waals surface area contributed by atoms with Gasteiger partial charge in [0.2, 0.25) is 0 Å². The average Bonchev–Trinajstić information content (AvgIpc) is 2.21. The molecule has 0 rings (SSSR count). The van der Waals surface area contributed by atoms with Crippen molar-refractivity contribution >= 4 is 60.9 Å². The van der Waals surface area contributed by atoms with Gasteiger partial charge in [0.15, 0.2) is 0 Å². The van der Waals surface area contributed by atoms with Gasteiger partial charge < -0.3 is 4.74 Å². The van der Waals surface area contributed by atoms with Crippen molar-refractivity contribution in [2.75, 3.05) is 12.4 Å². The van der Waals surface area contributed by atoms with Crippen LogP contribution >= 0.6 is 54.9 Å². The molecule has 0 fully saturated rings. The van der Waals surface area contributed by atoms with E-state index in [0.29, 0.717) is 6.61 Å². The Labute approximate surface area is 128 Å². The number of esters is 1. The summed E-state index contributed by atoms with van der Waals surface area (Å²) in [5.41, 5.74) is -0.537. The van der Waals surface area contributed by atoms with Gasteiger partial charge in [-0.15, -0.1) is 36.7 Å². The molecule has 0 saturated carbocycles. The van der Waals surface area contributed by atoms with Crippen molar-refractivity contribution in [3.63, 3.8) is 0 Å². The van der Waals surface area contributed by atoms with Gasteiger partial charge in [-0.2, -0.15) is 12.6 Å². The fraction of sp³-hybridized carbons (Fsp3) is 0.900. The molecule has 0 spiro atoms. The van der Waals surface area contributed by atoms with Gasteiger partial charge in [-0.25, -0.2) is 0 Å². The van der Waals surface area contributed by atoms with Gasteiger partial charge in [0.1, 0.15) is 0 Å². The smallest absolute Gasteiger partial charge is 0.315 e. The standard InChI is InChI=1S/C10H20O2S.H3PS3/c1-9(2)6-4-3-5-7-12-10(11)8-13;2-1(3)4/h9,13H,3-8H2,1-2H3;2-4H. The van der Waals surface area contributed by atoms with E-state index in [9.17, 15) is 4.79 Å². The van der Waals surface area contributed by atoms with Crippen molar-refractivity contribution in [3.8, 4) is 0 Å². The number of rotatable bonds is 7. The van der Waals surface area contributed by atoms with Crippen LogP contribution in [0.2, 0.25) is 0 Å². The van der Waals surface area contributed by atoms with Crippen molar-refractivity contribution in [2.24, 2.45) is 5.92 Å². The summed E-state index contributed by atoms with van der Waals surface area (Å²) in [6.45, 7) is 5.00. The van der Waals surface area contributed by atoms with Crippen LogP contribution in [0.1, 0.15) is 39.5 Å². The molecule has 0 bridgehead atoms. The summed E-state index contributed by atoms with van der Waals surface area (Å²) in [5, 5.41) is 0. The van der Waals surface area contributed by atoms with E-state index in [2.05, 4.69) is 63.2 Å². The zero-order valence-corrected chi connectivity index (χ0v) is 14.8. The predicted octanol–water partition coefficient (Wildman–Crippen LogP) is 4.68. The molecule has 0 amide bonds. The van der Waals surface area contributed by atoms with Crippen LogP contribution < -0.4 is 0 Å². The second kappa shape index (κ2) is 15.4. The van der Waals surface area contributed by atoms with E-state index >= 15 is 0 Å². The fourth-order valence-corrected chi connectivity index (χ4v) is 1.15. The first-order chi connectivity index (χ1) is 7.90. The largest absolute Gasteiger partial charge is 0.465 e. The molecule has 0 aliphatic heterocycles. The van der Waals surface area contributed by atoms with Crippen LogP contribution in [0.15, 0.2) is 0 Å². The molecule has 0 aliphatic rings. The van der Waals surface area contributed by atoms with Gasteiger partial charge >= 0.3 is 5.97 Å². The number of ether oxygens (including phenoxy) is 1. The van der Waals surface area contributed by atoms with E-state index in [-0.39, 0.29) is 11.7 Å². The molecule has 0 aliphatic carbocycles. The molecular weight excluding hydrogens is 311 g/mol. The van der Waals surface area contributed by atoms with Crippen molar-refractivity contribution in [3.05, 3.63) is 0 Å². The lowest BCUT2D eigenvalue weighted by Crippen LogP contribution is -2.06. The number of carbonyl (C=O) groups is 1. The van der Waals surface area contributed by atoms with Crippen molar-refractivity contribution in [1.29, 1.82) is 0 Å². The number of hydrogen-bond acceptors (Lipinski definition) is 6. The molecular formula is C10H23O2PS4. The Morgan fingerprint density at radius 3 is 2.12 bits per heavy atom. The van der Waals surface area contributed by atoms with E-state index in [4.69, 9.17) is 4.74 Å². The number of unbranched alkanes of at least 4 members (excludes halogenated alkanes) is 2. The third-order valence-electron chi connectivity index (χ3n) is 1.82. The lowest BCUT2D eigenvalue weighted by molar-refractivity contribution is -0.140. The molecule has 0 radical (unpaired) electrons. The molecule has 0 aromatic heterocycles. The minimum Gasteiger partial charge on any atom is -0.465 e. The highest BCUT2D eigenvalue weighted by atomic mass is 33.3. The highest BCUT2D eigenvalue weighted by Crippen LogP contribution is 2.49. The summed E-state index contributed by atoms with van der Waals surface area (Å²) in [5.74, 6) is 0.749. The third kappa shape index (κ3) is 26.8. The van der Waals surface area contributed by atoms with Crippen molar-refractivity contribution in [1.82, 2.24) is 0 Å². The Bertz CT molecular complexity index is 177. The summed E-state index contributed by atoms with van der Waals surface area (Å²) in [6, 6.07) is 0. The summed E-state index contributed by atoms with van der Waals surface area (Å²) in [4.78, 5) is 10.7. The SMILES string of the molecule is CC(C)CCCCCOC(=O)CS.SP(S)S. The maximum absolute atomic E-state index is 10.7. The van der Waals surface area contributed by atoms with Gasteiger partial charge in [-0.1, -0.05) is 33.1 Å². The summed E-state index contributed by atoms with van der Waals surface area (Å²) in [7, 11) is 0. The van der Waals surface area contributed by atoms with Crippen LogP contribution in [0.3, 0.4) is 0 Å². The summed E-state index contributed by atoms with van der Waals surface area (Å²) in [6.07, 6.45) is 4.63. The van der Waals surface area contributed by atoms with E-state index in [0.717, 1.165) is 18.8 Å². The Hall–Kier alpha value is 1.30. The molecule has 2 nitrogen and oxygen atoms in total. The average molecular weight is 335 g/mol. The molecule has 7 heteroatoms. The van der Waals surface area contributed by atoms with Crippen molar-refractivity contribution < 1.29 is 9.53 Å². The minimum atomic E-state index is -0.537. The van der Waals surface area contributed by atoms with Crippen LogP contribution in [0.5, 0.6) is 0 Å². The van der Waals surface area contributed by atoms with Crippen LogP contribution in [-0.2, 0) is 9.53 Å². The molecule has 0 unspecified atom stereocenters. The molecule has 17 heavy (non-hydrogen) atoms.